The molecule has 1 unspecified atom stereocenters. The Morgan fingerprint density at radius 1 is 1.11 bits per heavy atom. The molecule has 6 heteroatoms. The number of rotatable bonds is 8. The summed E-state index contributed by atoms with van der Waals surface area (Å²) in [5, 5.41) is 7.63. The van der Waals surface area contributed by atoms with Crippen LogP contribution in [0.15, 0.2) is 59.1 Å². The maximum atomic E-state index is 12.1. The molecule has 5 nitrogen and oxygen atoms in total. The van der Waals surface area contributed by atoms with Gasteiger partial charge in [-0.05, 0) is 49.6 Å². The summed E-state index contributed by atoms with van der Waals surface area (Å²) in [6.07, 6.45) is 2.57. The minimum Gasteiger partial charge on any atom is -0.354 e. The van der Waals surface area contributed by atoms with E-state index in [0.29, 0.717) is 29.6 Å². The molecular weight excluding hydrogens is 362 g/mol. The van der Waals surface area contributed by atoms with E-state index < -0.39 is 0 Å². The predicted octanol–water partition coefficient (Wildman–Crippen LogP) is 4.46. The first kappa shape index (κ1) is 19.1. The average molecular weight is 384 g/mol. The number of aromatic nitrogens is 2. The lowest BCUT2D eigenvalue weighted by atomic mass is 10.1. The number of carbonyl (C=O) groups is 1. The highest BCUT2D eigenvalue weighted by molar-refractivity contribution is 6.30. The Bertz CT molecular complexity index is 863. The molecule has 0 fully saturated rings. The van der Waals surface area contributed by atoms with Crippen LogP contribution >= 0.6 is 11.6 Å². The van der Waals surface area contributed by atoms with Crippen molar-refractivity contribution in [1.82, 2.24) is 15.5 Å². The molecule has 3 rings (SSSR count). The summed E-state index contributed by atoms with van der Waals surface area (Å²) in [5.74, 6) is 0.937. The Hall–Kier alpha value is -2.66. The van der Waals surface area contributed by atoms with Gasteiger partial charge in [-0.3, -0.25) is 4.79 Å². The van der Waals surface area contributed by atoms with Gasteiger partial charge in [0, 0.05) is 29.5 Å². The van der Waals surface area contributed by atoms with Gasteiger partial charge in [-0.15, -0.1) is 0 Å². The summed E-state index contributed by atoms with van der Waals surface area (Å²) >= 11 is 5.88. The quantitative estimate of drug-likeness (QED) is 0.623. The maximum Gasteiger partial charge on any atom is 0.227 e. The maximum absolute atomic E-state index is 12.1. The standard InChI is InChI=1S/C21H22ClN3O2/c1-15(7-8-16-5-3-2-4-6-16)23-19(26)13-14-20-24-21(25-27-20)17-9-11-18(22)12-10-17/h2-6,9-12,15H,7-8,13-14H2,1H3,(H,23,26). The zero-order valence-corrected chi connectivity index (χ0v) is 15.9. The van der Waals surface area contributed by atoms with Gasteiger partial charge in [0.1, 0.15) is 0 Å². The largest absolute Gasteiger partial charge is 0.354 e. The molecule has 1 atom stereocenters. The fraction of sp³-hybridized carbons (Fsp3) is 0.286. The summed E-state index contributed by atoms with van der Waals surface area (Å²) in [6.45, 7) is 2.02. The molecule has 1 N–H and O–H groups in total. The van der Waals surface area contributed by atoms with Gasteiger partial charge in [0.25, 0.3) is 0 Å². The van der Waals surface area contributed by atoms with Gasteiger partial charge >= 0.3 is 0 Å². The number of hydrogen-bond acceptors (Lipinski definition) is 4. The zero-order valence-electron chi connectivity index (χ0n) is 15.2. The highest BCUT2D eigenvalue weighted by Crippen LogP contribution is 2.19. The second kappa shape index (κ2) is 9.33. The molecule has 2 aromatic carbocycles. The Morgan fingerprint density at radius 3 is 2.59 bits per heavy atom. The SMILES string of the molecule is CC(CCc1ccccc1)NC(=O)CCc1nc(-c2ccc(Cl)cc2)no1. The third-order valence-electron chi connectivity index (χ3n) is 4.25. The normalized spacial score (nSPS) is 11.9. The van der Waals surface area contributed by atoms with Gasteiger partial charge < -0.3 is 9.84 Å². The van der Waals surface area contributed by atoms with Crippen molar-refractivity contribution in [1.29, 1.82) is 0 Å². The Kier molecular flexibility index (Phi) is 6.60. The summed E-state index contributed by atoms with van der Waals surface area (Å²) in [5.41, 5.74) is 2.10. The highest BCUT2D eigenvalue weighted by Gasteiger charge is 2.12. The minimum absolute atomic E-state index is 0.0122. The second-order valence-electron chi connectivity index (χ2n) is 6.51. The van der Waals surface area contributed by atoms with Gasteiger partial charge in [-0.1, -0.05) is 47.1 Å². The van der Waals surface area contributed by atoms with Crippen LogP contribution in [-0.2, 0) is 17.6 Å². The van der Waals surface area contributed by atoms with Gasteiger partial charge in [0.15, 0.2) is 0 Å². The molecular formula is C21H22ClN3O2. The summed E-state index contributed by atoms with van der Waals surface area (Å²) in [7, 11) is 0. The average Bonchev–Trinajstić information content (AvgIpc) is 3.15. The molecule has 0 bridgehead atoms. The molecule has 140 valence electrons. The summed E-state index contributed by atoms with van der Waals surface area (Å²) in [6, 6.07) is 17.6. The Balaban J connectivity index is 1.43. The van der Waals surface area contributed by atoms with E-state index in [1.807, 2.05) is 37.3 Å². The van der Waals surface area contributed by atoms with E-state index >= 15 is 0 Å². The van der Waals surface area contributed by atoms with Gasteiger partial charge in [0.05, 0.1) is 0 Å². The third kappa shape index (κ3) is 5.93. The van der Waals surface area contributed by atoms with Crippen molar-refractivity contribution in [2.75, 3.05) is 0 Å². The van der Waals surface area contributed by atoms with Crippen LogP contribution in [0.3, 0.4) is 0 Å². The molecule has 0 saturated heterocycles. The van der Waals surface area contributed by atoms with Crippen molar-refractivity contribution in [2.24, 2.45) is 0 Å². The lowest BCUT2D eigenvalue weighted by Crippen LogP contribution is -2.33. The van der Waals surface area contributed by atoms with Gasteiger partial charge in [0.2, 0.25) is 17.6 Å². The van der Waals surface area contributed by atoms with E-state index in [2.05, 4.69) is 27.6 Å². The van der Waals surface area contributed by atoms with E-state index in [4.69, 9.17) is 16.1 Å². The predicted molar refractivity (Wildman–Crippen MR) is 105 cm³/mol. The van der Waals surface area contributed by atoms with E-state index in [1.54, 1.807) is 12.1 Å². The highest BCUT2D eigenvalue weighted by atomic mass is 35.5. The van der Waals surface area contributed by atoms with Crippen LogP contribution in [0.25, 0.3) is 11.4 Å². The summed E-state index contributed by atoms with van der Waals surface area (Å²) in [4.78, 5) is 16.5. The van der Waals surface area contributed by atoms with Crippen LogP contribution in [-0.4, -0.2) is 22.1 Å². The molecule has 0 aliphatic rings. The number of aryl methyl sites for hydroxylation is 2. The van der Waals surface area contributed by atoms with E-state index in [1.165, 1.54) is 5.56 Å². The van der Waals surface area contributed by atoms with Crippen LogP contribution in [0.5, 0.6) is 0 Å². The first-order chi connectivity index (χ1) is 13.1. The smallest absolute Gasteiger partial charge is 0.227 e. The van der Waals surface area contributed by atoms with Crippen molar-refractivity contribution in [3.63, 3.8) is 0 Å². The molecule has 0 spiro atoms. The van der Waals surface area contributed by atoms with Gasteiger partial charge in [-0.2, -0.15) is 4.98 Å². The van der Waals surface area contributed by atoms with Crippen molar-refractivity contribution in [3.8, 4) is 11.4 Å². The molecule has 0 aliphatic carbocycles. The van der Waals surface area contributed by atoms with Crippen LogP contribution in [0.1, 0.15) is 31.2 Å². The number of carbonyl (C=O) groups excluding carboxylic acids is 1. The minimum atomic E-state index is -0.0122. The lowest BCUT2D eigenvalue weighted by molar-refractivity contribution is -0.121. The number of nitrogens with zero attached hydrogens (tertiary/aromatic N) is 2. The first-order valence-electron chi connectivity index (χ1n) is 9.02. The number of amides is 1. The fourth-order valence-electron chi connectivity index (χ4n) is 2.74. The van der Waals surface area contributed by atoms with Crippen LogP contribution < -0.4 is 5.32 Å². The zero-order chi connectivity index (χ0) is 19.1. The topological polar surface area (TPSA) is 68.0 Å². The van der Waals surface area contributed by atoms with Crippen molar-refractivity contribution in [2.45, 2.75) is 38.6 Å². The van der Waals surface area contributed by atoms with E-state index in [-0.39, 0.29) is 11.9 Å². The van der Waals surface area contributed by atoms with Crippen LogP contribution in [0, 0.1) is 0 Å². The molecule has 1 aromatic heterocycles. The molecule has 1 heterocycles. The van der Waals surface area contributed by atoms with Crippen LogP contribution in [0.4, 0.5) is 0 Å². The number of benzene rings is 2. The van der Waals surface area contributed by atoms with Gasteiger partial charge in [-0.25, -0.2) is 0 Å². The Morgan fingerprint density at radius 2 is 1.85 bits per heavy atom. The van der Waals surface area contributed by atoms with Crippen molar-refractivity contribution >= 4 is 17.5 Å². The Labute approximate surface area is 163 Å². The molecule has 27 heavy (non-hydrogen) atoms. The second-order valence-corrected chi connectivity index (χ2v) is 6.95. The van der Waals surface area contributed by atoms with Crippen molar-refractivity contribution in [3.05, 3.63) is 71.1 Å². The van der Waals surface area contributed by atoms with E-state index in [0.717, 1.165) is 18.4 Å². The lowest BCUT2D eigenvalue weighted by Gasteiger charge is -2.13. The number of halogens is 1. The number of hydrogen-bond donors (Lipinski definition) is 1. The van der Waals surface area contributed by atoms with Crippen LogP contribution in [0.2, 0.25) is 5.02 Å². The molecule has 0 saturated carbocycles. The first-order valence-corrected chi connectivity index (χ1v) is 9.40. The third-order valence-corrected chi connectivity index (χ3v) is 4.50. The molecule has 0 aliphatic heterocycles. The molecule has 3 aromatic rings. The van der Waals surface area contributed by atoms with E-state index in [9.17, 15) is 4.79 Å². The number of nitrogens with one attached hydrogen (secondary N) is 1. The summed E-state index contributed by atoms with van der Waals surface area (Å²) < 4.78 is 5.24. The fourth-order valence-corrected chi connectivity index (χ4v) is 2.87. The van der Waals surface area contributed by atoms with Crippen molar-refractivity contribution < 1.29 is 9.32 Å². The molecule has 1 amide bonds. The monoisotopic (exact) mass is 383 g/mol. The molecule has 0 radical (unpaired) electrons.